The van der Waals surface area contributed by atoms with Crippen LogP contribution in [0.2, 0.25) is 0 Å². The van der Waals surface area contributed by atoms with E-state index in [4.69, 9.17) is 5.73 Å². The highest BCUT2D eigenvalue weighted by Gasteiger charge is 2.13. The molecule has 0 fully saturated rings. The second-order valence-electron chi connectivity index (χ2n) is 3.89. The number of nitrogens with zero attached hydrogens (tertiary/aromatic N) is 2. The number of anilines is 2. The molecule has 0 aromatic carbocycles. The zero-order valence-electron chi connectivity index (χ0n) is 9.75. The molecule has 84 valence electrons. The standard InChI is InChI=1S/C11H20N4/c1-5-6-7-13-11-10(12)9(4)14-15(11)8(2)3/h5,8,13H,1,6-7,12H2,2-4H3. The van der Waals surface area contributed by atoms with Gasteiger partial charge < -0.3 is 11.1 Å². The number of hydrogen-bond donors (Lipinski definition) is 2. The van der Waals surface area contributed by atoms with Crippen molar-refractivity contribution in [2.75, 3.05) is 17.6 Å². The van der Waals surface area contributed by atoms with Crippen molar-refractivity contribution < 1.29 is 0 Å². The van der Waals surface area contributed by atoms with Crippen LogP contribution in [-0.2, 0) is 0 Å². The van der Waals surface area contributed by atoms with Gasteiger partial charge in [-0.2, -0.15) is 5.10 Å². The van der Waals surface area contributed by atoms with E-state index in [1.165, 1.54) is 0 Å². The lowest BCUT2D eigenvalue weighted by molar-refractivity contribution is 0.534. The van der Waals surface area contributed by atoms with Gasteiger partial charge in [0.25, 0.3) is 0 Å². The van der Waals surface area contributed by atoms with Crippen molar-refractivity contribution in [1.29, 1.82) is 0 Å². The molecule has 1 aromatic heterocycles. The Morgan fingerprint density at radius 2 is 2.27 bits per heavy atom. The maximum Gasteiger partial charge on any atom is 0.148 e. The van der Waals surface area contributed by atoms with Crippen molar-refractivity contribution in [3.8, 4) is 0 Å². The lowest BCUT2D eigenvalue weighted by atomic mass is 10.3. The molecule has 0 aliphatic heterocycles. The molecule has 0 saturated heterocycles. The van der Waals surface area contributed by atoms with Gasteiger partial charge in [-0.3, -0.25) is 0 Å². The maximum absolute atomic E-state index is 5.95. The Hall–Kier alpha value is -1.45. The summed E-state index contributed by atoms with van der Waals surface area (Å²) in [6, 6.07) is 0.312. The molecule has 0 aliphatic carbocycles. The Labute approximate surface area is 91.2 Å². The number of aryl methyl sites for hydroxylation is 1. The van der Waals surface area contributed by atoms with Crippen LogP contribution < -0.4 is 11.1 Å². The zero-order chi connectivity index (χ0) is 11.4. The minimum Gasteiger partial charge on any atom is -0.394 e. The highest BCUT2D eigenvalue weighted by molar-refractivity contribution is 5.64. The van der Waals surface area contributed by atoms with Crippen molar-refractivity contribution in [2.24, 2.45) is 0 Å². The molecule has 1 aromatic rings. The third-order valence-corrected chi connectivity index (χ3v) is 2.26. The fraction of sp³-hybridized carbons (Fsp3) is 0.545. The molecule has 0 saturated carbocycles. The van der Waals surface area contributed by atoms with Crippen LogP contribution >= 0.6 is 0 Å². The van der Waals surface area contributed by atoms with E-state index in [0.29, 0.717) is 6.04 Å². The van der Waals surface area contributed by atoms with Gasteiger partial charge in [0.05, 0.1) is 11.4 Å². The Morgan fingerprint density at radius 1 is 1.60 bits per heavy atom. The van der Waals surface area contributed by atoms with Gasteiger partial charge in [0.2, 0.25) is 0 Å². The van der Waals surface area contributed by atoms with Gasteiger partial charge in [-0.25, -0.2) is 4.68 Å². The third-order valence-electron chi connectivity index (χ3n) is 2.26. The van der Waals surface area contributed by atoms with Gasteiger partial charge in [-0.05, 0) is 27.2 Å². The van der Waals surface area contributed by atoms with Crippen molar-refractivity contribution in [3.63, 3.8) is 0 Å². The number of aromatic nitrogens is 2. The van der Waals surface area contributed by atoms with Crippen LogP contribution in [0.5, 0.6) is 0 Å². The van der Waals surface area contributed by atoms with Crippen molar-refractivity contribution in [3.05, 3.63) is 18.3 Å². The largest absolute Gasteiger partial charge is 0.394 e. The SMILES string of the molecule is C=CCCNc1c(N)c(C)nn1C(C)C. The van der Waals surface area contributed by atoms with E-state index in [2.05, 4.69) is 30.8 Å². The van der Waals surface area contributed by atoms with Crippen LogP contribution in [0.1, 0.15) is 32.0 Å². The fourth-order valence-electron chi connectivity index (χ4n) is 1.40. The molecule has 0 amide bonds. The summed E-state index contributed by atoms with van der Waals surface area (Å²) in [5, 5.41) is 7.68. The molecule has 3 N–H and O–H groups in total. The topological polar surface area (TPSA) is 55.9 Å². The molecule has 4 nitrogen and oxygen atoms in total. The summed E-state index contributed by atoms with van der Waals surface area (Å²) in [5.74, 6) is 0.921. The second-order valence-corrected chi connectivity index (χ2v) is 3.89. The summed E-state index contributed by atoms with van der Waals surface area (Å²) in [5.41, 5.74) is 7.57. The minimum absolute atomic E-state index is 0.312. The average Bonchev–Trinajstić information content (AvgIpc) is 2.46. The van der Waals surface area contributed by atoms with E-state index in [-0.39, 0.29) is 0 Å². The molecule has 0 unspecified atom stereocenters. The van der Waals surface area contributed by atoms with Gasteiger partial charge in [0.1, 0.15) is 5.82 Å². The Kier molecular flexibility index (Phi) is 3.77. The van der Waals surface area contributed by atoms with Crippen LogP contribution in [0.25, 0.3) is 0 Å². The van der Waals surface area contributed by atoms with Crippen LogP contribution in [-0.4, -0.2) is 16.3 Å². The fourth-order valence-corrected chi connectivity index (χ4v) is 1.40. The number of hydrogen-bond acceptors (Lipinski definition) is 3. The molecule has 1 heterocycles. The van der Waals surface area contributed by atoms with Gasteiger partial charge >= 0.3 is 0 Å². The van der Waals surface area contributed by atoms with E-state index in [1.807, 2.05) is 17.7 Å². The molecule has 0 aliphatic rings. The maximum atomic E-state index is 5.95. The summed E-state index contributed by atoms with van der Waals surface area (Å²) >= 11 is 0. The van der Waals surface area contributed by atoms with Crippen LogP contribution in [0.4, 0.5) is 11.5 Å². The first-order valence-corrected chi connectivity index (χ1v) is 5.27. The van der Waals surface area contributed by atoms with E-state index in [1.54, 1.807) is 0 Å². The van der Waals surface area contributed by atoms with Crippen LogP contribution in [0, 0.1) is 6.92 Å². The van der Waals surface area contributed by atoms with Gasteiger partial charge in [0, 0.05) is 12.6 Å². The third kappa shape index (κ3) is 2.52. The quantitative estimate of drug-likeness (QED) is 0.577. The predicted molar refractivity (Wildman–Crippen MR) is 65.1 cm³/mol. The highest BCUT2D eigenvalue weighted by Crippen LogP contribution is 2.25. The predicted octanol–water partition coefficient (Wildman–Crippen LogP) is 2.34. The van der Waals surface area contributed by atoms with Crippen molar-refractivity contribution in [2.45, 2.75) is 33.2 Å². The summed E-state index contributed by atoms with van der Waals surface area (Å²) < 4.78 is 1.92. The molecule has 15 heavy (non-hydrogen) atoms. The van der Waals surface area contributed by atoms with E-state index in [0.717, 1.165) is 30.2 Å². The highest BCUT2D eigenvalue weighted by atomic mass is 15.4. The molecule has 0 atom stereocenters. The normalized spacial score (nSPS) is 10.7. The van der Waals surface area contributed by atoms with Crippen molar-refractivity contribution in [1.82, 2.24) is 9.78 Å². The van der Waals surface area contributed by atoms with Gasteiger partial charge in [0.15, 0.2) is 0 Å². The molecule has 1 rings (SSSR count). The summed E-state index contributed by atoms with van der Waals surface area (Å²) in [6.45, 7) is 10.6. The first kappa shape index (κ1) is 11.6. The zero-order valence-corrected chi connectivity index (χ0v) is 9.75. The first-order valence-electron chi connectivity index (χ1n) is 5.27. The number of nitrogen functional groups attached to an aromatic ring is 1. The lowest BCUT2D eigenvalue weighted by Gasteiger charge is -2.12. The molecule has 4 heteroatoms. The van der Waals surface area contributed by atoms with E-state index in [9.17, 15) is 0 Å². The second kappa shape index (κ2) is 4.87. The Balaban J connectivity index is 2.87. The van der Waals surface area contributed by atoms with Crippen LogP contribution in [0.15, 0.2) is 12.7 Å². The molecule has 0 spiro atoms. The van der Waals surface area contributed by atoms with Crippen molar-refractivity contribution >= 4 is 11.5 Å². The van der Waals surface area contributed by atoms with Gasteiger partial charge in [-0.1, -0.05) is 6.08 Å². The minimum atomic E-state index is 0.312. The number of nitrogens with two attached hydrogens (primary N) is 1. The van der Waals surface area contributed by atoms with E-state index >= 15 is 0 Å². The monoisotopic (exact) mass is 208 g/mol. The molecule has 0 radical (unpaired) electrons. The Bertz CT molecular complexity index is 339. The summed E-state index contributed by atoms with van der Waals surface area (Å²) in [7, 11) is 0. The summed E-state index contributed by atoms with van der Waals surface area (Å²) in [6.07, 6.45) is 2.80. The van der Waals surface area contributed by atoms with Gasteiger partial charge in [-0.15, -0.1) is 6.58 Å². The summed E-state index contributed by atoms with van der Waals surface area (Å²) in [4.78, 5) is 0. The first-order chi connectivity index (χ1) is 7.07. The smallest absolute Gasteiger partial charge is 0.148 e. The number of nitrogens with one attached hydrogen (secondary N) is 1. The van der Waals surface area contributed by atoms with Crippen LogP contribution in [0.3, 0.4) is 0 Å². The molecular formula is C11H20N4. The number of rotatable bonds is 5. The van der Waals surface area contributed by atoms with E-state index < -0.39 is 0 Å². The molecular weight excluding hydrogens is 188 g/mol. The lowest BCUT2D eigenvalue weighted by Crippen LogP contribution is -2.11. The average molecular weight is 208 g/mol. The Morgan fingerprint density at radius 3 is 2.80 bits per heavy atom. The molecule has 0 bridgehead atoms.